The maximum Gasteiger partial charge on any atom is 0.379 e. The van der Waals surface area contributed by atoms with E-state index in [1.807, 2.05) is 6.07 Å². The molecule has 54 heavy (non-hydrogen) atoms. The van der Waals surface area contributed by atoms with Gasteiger partial charge in [0.25, 0.3) is 11.7 Å². The Kier molecular flexibility index (Phi) is 14.1. The number of benzene rings is 3. The van der Waals surface area contributed by atoms with Crippen LogP contribution >= 0.6 is 0 Å². The van der Waals surface area contributed by atoms with Crippen LogP contribution in [-0.4, -0.2) is 84.4 Å². The third-order valence-corrected chi connectivity index (χ3v) is 9.76. The SMILES string of the molecule is CCOC(=O)C(=O)/C=C(\O)c1cccc(COCCOCCOCCNS(=O)(=O)Cc2cc3oc(-c4ccc(F)cc4)c(C(=O)NC)c3cc2C2CC2)c1. The molecule has 0 spiro atoms. The highest BCUT2D eigenvalue weighted by Gasteiger charge is 2.31. The second kappa shape index (κ2) is 18.9. The Morgan fingerprint density at radius 1 is 0.963 bits per heavy atom. The Bertz CT molecular complexity index is 2090. The molecular weight excluding hydrogens is 723 g/mol. The van der Waals surface area contributed by atoms with Gasteiger partial charge in [0, 0.05) is 36.2 Å². The molecule has 5 rings (SSSR count). The summed E-state index contributed by atoms with van der Waals surface area (Å²) >= 11 is 0. The monoisotopic (exact) mass is 766 g/mol. The lowest BCUT2D eigenvalue weighted by Gasteiger charge is -2.12. The molecule has 3 N–H and O–H groups in total. The fraction of sp³-hybridized carbons (Fsp3) is 0.359. The van der Waals surface area contributed by atoms with E-state index in [4.69, 9.17) is 18.6 Å². The van der Waals surface area contributed by atoms with E-state index in [0.29, 0.717) is 33.2 Å². The van der Waals surface area contributed by atoms with E-state index in [2.05, 4.69) is 14.8 Å². The van der Waals surface area contributed by atoms with Crippen LogP contribution in [0.25, 0.3) is 28.1 Å². The number of hydrogen-bond donors (Lipinski definition) is 3. The summed E-state index contributed by atoms with van der Waals surface area (Å²) in [6.45, 7) is 3.11. The highest BCUT2D eigenvalue weighted by atomic mass is 32.2. The first-order valence-electron chi connectivity index (χ1n) is 17.5. The zero-order chi connectivity index (χ0) is 38.7. The van der Waals surface area contributed by atoms with Gasteiger partial charge in [-0.3, -0.25) is 9.59 Å². The quantitative estimate of drug-likeness (QED) is 0.0335. The minimum Gasteiger partial charge on any atom is -0.507 e. The van der Waals surface area contributed by atoms with Gasteiger partial charge >= 0.3 is 5.97 Å². The average molecular weight is 767 g/mol. The summed E-state index contributed by atoms with van der Waals surface area (Å²) in [6, 6.07) is 15.8. The van der Waals surface area contributed by atoms with Gasteiger partial charge < -0.3 is 33.8 Å². The Labute approximate surface area is 312 Å². The predicted octanol–water partition coefficient (Wildman–Crippen LogP) is 5.18. The molecule has 1 saturated carbocycles. The molecular formula is C39H43FN2O11S. The van der Waals surface area contributed by atoms with Gasteiger partial charge in [-0.25, -0.2) is 22.3 Å². The van der Waals surface area contributed by atoms with Crippen LogP contribution in [0.15, 0.2) is 71.2 Å². The zero-order valence-electron chi connectivity index (χ0n) is 30.0. The summed E-state index contributed by atoms with van der Waals surface area (Å²) in [5.41, 5.74) is 3.71. The number of aliphatic hydroxyl groups is 1. The van der Waals surface area contributed by atoms with Crippen LogP contribution in [0.5, 0.6) is 0 Å². The molecule has 1 aliphatic rings. The number of ketones is 1. The molecule has 1 fully saturated rings. The molecule has 1 heterocycles. The zero-order valence-corrected chi connectivity index (χ0v) is 30.8. The lowest BCUT2D eigenvalue weighted by molar-refractivity contribution is -0.151. The molecule has 0 aliphatic heterocycles. The number of carbonyl (C=O) groups excluding carboxylic acids is 3. The molecule has 1 aliphatic carbocycles. The summed E-state index contributed by atoms with van der Waals surface area (Å²) in [5.74, 6) is -2.97. The standard InChI is InChI=1S/C39H43FN2O11S/c1-3-52-39(46)34(44)22-33(43)28-6-4-5-25(19-28)23-51-18-17-50-16-15-49-14-13-42-54(47,48)24-29-20-35-32(21-31(29)26-7-8-26)36(38(45)41-2)37(53-35)27-9-11-30(40)12-10-27/h4-6,9-12,19-22,26,42-43H,3,7-8,13-18,23-24H2,1-2H3,(H,41,45)/b33-22-. The summed E-state index contributed by atoms with van der Waals surface area (Å²) in [4.78, 5) is 36.3. The van der Waals surface area contributed by atoms with Crippen molar-refractivity contribution in [1.82, 2.24) is 10.0 Å². The van der Waals surface area contributed by atoms with Crippen molar-refractivity contribution in [3.63, 3.8) is 0 Å². The third-order valence-electron chi connectivity index (χ3n) is 8.42. The van der Waals surface area contributed by atoms with E-state index in [-0.39, 0.29) is 81.9 Å². The highest BCUT2D eigenvalue weighted by Crippen LogP contribution is 2.45. The lowest BCUT2D eigenvalue weighted by Crippen LogP contribution is -2.29. The van der Waals surface area contributed by atoms with E-state index in [9.17, 15) is 32.3 Å². The fourth-order valence-corrected chi connectivity index (χ4v) is 6.86. The molecule has 1 amide bonds. The van der Waals surface area contributed by atoms with Crippen molar-refractivity contribution in [2.75, 3.05) is 53.2 Å². The van der Waals surface area contributed by atoms with Gasteiger partial charge in [0.05, 0.1) is 57.6 Å². The van der Waals surface area contributed by atoms with Crippen LogP contribution in [0.4, 0.5) is 4.39 Å². The van der Waals surface area contributed by atoms with E-state index in [1.54, 1.807) is 37.3 Å². The number of fused-ring (bicyclic) bond motifs is 1. The Balaban J connectivity index is 1.04. The van der Waals surface area contributed by atoms with Crippen LogP contribution < -0.4 is 10.0 Å². The van der Waals surface area contributed by atoms with Gasteiger partial charge in [-0.15, -0.1) is 0 Å². The number of sulfonamides is 1. The topological polar surface area (TPSA) is 180 Å². The number of carbonyl (C=O) groups is 3. The number of nitrogens with one attached hydrogen (secondary N) is 2. The normalized spacial score (nSPS) is 13.3. The number of esters is 1. The number of furan rings is 1. The average Bonchev–Trinajstić information content (AvgIpc) is 3.93. The van der Waals surface area contributed by atoms with Crippen molar-refractivity contribution >= 4 is 44.4 Å². The van der Waals surface area contributed by atoms with Gasteiger partial charge in [-0.2, -0.15) is 0 Å². The van der Waals surface area contributed by atoms with Gasteiger partial charge in [-0.05, 0) is 84.8 Å². The van der Waals surface area contributed by atoms with Gasteiger partial charge in [0.2, 0.25) is 10.0 Å². The fourth-order valence-electron chi connectivity index (χ4n) is 5.70. The lowest BCUT2D eigenvalue weighted by atomic mass is 9.98. The van der Waals surface area contributed by atoms with Crippen molar-refractivity contribution in [2.24, 2.45) is 0 Å². The Morgan fingerprint density at radius 3 is 2.35 bits per heavy atom. The molecule has 13 nitrogen and oxygen atoms in total. The number of ether oxygens (including phenoxy) is 4. The molecule has 0 radical (unpaired) electrons. The number of amides is 1. The van der Waals surface area contributed by atoms with Crippen molar-refractivity contribution in [3.8, 4) is 11.3 Å². The van der Waals surface area contributed by atoms with E-state index >= 15 is 0 Å². The summed E-state index contributed by atoms with van der Waals surface area (Å²) < 4.78 is 69.8. The molecule has 0 bridgehead atoms. The smallest absolute Gasteiger partial charge is 0.379 e. The van der Waals surface area contributed by atoms with Crippen LogP contribution in [-0.2, 0) is 50.9 Å². The molecule has 15 heteroatoms. The van der Waals surface area contributed by atoms with Crippen LogP contribution in [0.2, 0.25) is 0 Å². The minimum atomic E-state index is -3.75. The minimum absolute atomic E-state index is 0.0526. The Hall–Kier alpha value is -4.93. The van der Waals surface area contributed by atoms with Crippen molar-refractivity contribution < 1.29 is 55.7 Å². The summed E-state index contributed by atoms with van der Waals surface area (Å²) in [6.07, 6.45) is 2.64. The van der Waals surface area contributed by atoms with Gasteiger partial charge in [-0.1, -0.05) is 18.2 Å². The first-order valence-corrected chi connectivity index (χ1v) is 19.1. The largest absolute Gasteiger partial charge is 0.507 e. The number of rotatable bonds is 21. The number of aliphatic hydroxyl groups excluding tert-OH is 1. The van der Waals surface area contributed by atoms with Gasteiger partial charge in [0.15, 0.2) is 0 Å². The van der Waals surface area contributed by atoms with Gasteiger partial charge in [0.1, 0.15) is 22.9 Å². The summed E-state index contributed by atoms with van der Waals surface area (Å²) in [5, 5.41) is 13.4. The third kappa shape index (κ3) is 11.1. The molecule has 0 unspecified atom stereocenters. The summed E-state index contributed by atoms with van der Waals surface area (Å²) in [7, 11) is -2.24. The first-order chi connectivity index (χ1) is 26.0. The maximum absolute atomic E-state index is 13.6. The van der Waals surface area contributed by atoms with Crippen LogP contribution in [0.3, 0.4) is 0 Å². The second-order valence-electron chi connectivity index (χ2n) is 12.5. The molecule has 4 aromatic rings. The van der Waals surface area contributed by atoms with Crippen molar-refractivity contribution in [3.05, 3.63) is 100 Å². The Morgan fingerprint density at radius 2 is 1.67 bits per heavy atom. The molecule has 3 aromatic carbocycles. The second-order valence-corrected chi connectivity index (χ2v) is 14.3. The van der Waals surface area contributed by atoms with E-state index < -0.39 is 27.6 Å². The van der Waals surface area contributed by atoms with E-state index in [1.165, 1.54) is 31.3 Å². The molecule has 0 atom stereocenters. The van der Waals surface area contributed by atoms with Crippen molar-refractivity contribution in [2.45, 2.75) is 38.0 Å². The van der Waals surface area contributed by atoms with Crippen LogP contribution in [0.1, 0.15) is 58.3 Å². The molecule has 1 aromatic heterocycles. The number of halogens is 1. The molecule has 288 valence electrons. The number of hydrogen-bond acceptors (Lipinski definition) is 11. The first kappa shape index (κ1) is 40.3. The van der Waals surface area contributed by atoms with Crippen molar-refractivity contribution in [1.29, 1.82) is 0 Å². The maximum atomic E-state index is 13.6. The van der Waals surface area contributed by atoms with E-state index in [0.717, 1.165) is 30.0 Å². The highest BCUT2D eigenvalue weighted by molar-refractivity contribution is 7.88. The predicted molar refractivity (Wildman–Crippen MR) is 198 cm³/mol. The van der Waals surface area contributed by atoms with Crippen LogP contribution in [0, 0.1) is 5.82 Å². The molecule has 0 saturated heterocycles.